The van der Waals surface area contributed by atoms with Crippen molar-refractivity contribution in [3.63, 3.8) is 0 Å². The zero-order valence-electron chi connectivity index (χ0n) is 9.95. The fourth-order valence-corrected chi connectivity index (χ4v) is 1.35. The Balaban J connectivity index is 3.83. The highest BCUT2D eigenvalue weighted by atomic mass is 16.5. The standard InChI is InChI=1S/C12H20N2O2/c1-3-9-14(10-7-5-6-8-13)11-12(15)16-4-2/h3H,1,4-7,9-11H2,2H3. The van der Waals surface area contributed by atoms with Crippen molar-refractivity contribution in [2.75, 3.05) is 26.2 Å². The third-order valence-electron chi connectivity index (χ3n) is 2.06. The minimum absolute atomic E-state index is 0.204. The van der Waals surface area contributed by atoms with E-state index in [0.29, 0.717) is 26.1 Å². The molecule has 0 aromatic carbocycles. The smallest absolute Gasteiger partial charge is 0.320 e. The molecule has 0 atom stereocenters. The van der Waals surface area contributed by atoms with Crippen LogP contribution in [-0.4, -0.2) is 37.1 Å². The zero-order valence-corrected chi connectivity index (χ0v) is 9.95. The van der Waals surface area contributed by atoms with Crippen LogP contribution in [0, 0.1) is 11.3 Å². The van der Waals surface area contributed by atoms with Crippen molar-refractivity contribution in [1.82, 2.24) is 4.90 Å². The number of unbranched alkanes of at least 4 members (excludes halogenated alkanes) is 2. The molecule has 4 heteroatoms. The highest BCUT2D eigenvalue weighted by Crippen LogP contribution is 1.99. The first-order chi connectivity index (χ1) is 7.74. The Morgan fingerprint density at radius 2 is 2.31 bits per heavy atom. The van der Waals surface area contributed by atoms with E-state index in [9.17, 15) is 4.79 Å². The predicted octanol–water partition coefficient (Wildman–Crippen LogP) is 1.73. The zero-order chi connectivity index (χ0) is 12.2. The molecule has 0 aliphatic heterocycles. The number of ether oxygens (including phenoxy) is 1. The quantitative estimate of drug-likeness (QED) is 0.340. The van der Waals surface area contributed by atoms with E-state index in [-0.39, 0.29) is 5.97 Å². The Morgan fingerprint density at radius 1 is 1.56 bits per heavy atom. The van der Waals surface area contributed by atoms with Gasteiger partial charge in [-0.2, -0.15) is 5.26 Å². The summed E-state index contributed by atoms with van der Waals surface area (Å²) in [6.45, 7) is 7.63. The maximum absolute atomic E-state index is 11.3. The van der Waals surface area contributed by atoms with E-state index in [2.05, 4.69) is 12.6 Å². The van der Waals surface area contributed by atoms with Crippen LogP contribution in [0.5, 0.6) is 0 Å². The van der Waals surface area contributed by atoms with E-state index in [4.69, 9.17) is 10.00 Å². The van der Waals surface area contributed by atoms with Crippen molar-refractivity contribution in [2.45, 2.75) is 26.2 Å². The van der Waals surface area contributed by atoms with Gasteiger partial charge in [0.1, 0.15) is 0 Å². The number of nitriles is 1. The van der Waals surface area contributed by atoms with E-state index in [1.54, 1.807) is 13.0 Å². The third-order valence-corrected chi connectivity index (χ3v) is 2.06. The number of carbonyl (C=O) groups excluding carboxylic acids is 1. The van der Waals surface area contributed by atoms with Gasteiger partial charge in [-0.3, -0.25) is 9.69 Å². The van der Waals surface area contributed by atoms with Crippen LogP contribution in [0.1, 0.15) is 26.2 Å². The van der Waals surface area contributed by atoms with Crippen molar-refractivity contribution in [1.29, 1.82) is 5.26 Å². The van der Waals surface area contributed by atoms with Crippen molar-refractivity contribution in [3.8, 4) is 6.07 Å². The summed E-state index contributed by atoms with van der Waals surface area (Å²) in [6.07, 6.45) is 4.12. The average Bonchev–Trinajstić information content (AvgIpc) is 2.25. The number of hydrogen-bond acceptors (Lipinski definition) is 4. The molecule has 90 valence electrons. The molecular formula is C12H20N2O2. The second-order valence-corrected chi connectivity index (χ2v) is 3.44. The molecule has 0 N–H and O–H groups in total. The molecule has 0 aliphatic carbocycles. The molecule has 0 spiro atoms. The summed E-state index contributed by atoms with van der Waals surface area (Å²) in [5, 5.41) is 8.40. The molecule has 0 saturated carbocycles. The fraction of sp³-hybridized carbons (Fsp3) is 0.667. The van der Waals surface area contributed by atoms with Gasteiger partial charge in [0.25, 0.3) is 0 Å². The number of hydrogen-bond donors (Lipinski definition) is 0. The summed E-state index contributed by atoms with van der Waals surface area (Å²) in [4.78, 5) is 13.2. The Kier molecular flexibility index (Phi) is 9.33. The van der Waals surface area contributed by atoms with E-state index >= 15 is 0 Å². The van der Waals surface area contributed by atoms with E-state index in [1.807, 2.05) is 4.90 Å². The first kappa shape index (κ1) is 14.7. The molecule has 0 fully saturated rings. The molecule has 4 nitrogen and oxygen atoms in total. The molecule has 0 bridgehead atoms. The van der Waals surface area contributed by atoms with Crippen molar-refractivity contribution >= 4 is 5.97 Å². The highest BCUT2D eigenvalue weighted by Gasteiger charge is 2.09. The van der Waals surface area contributed by atoms with Crippen molar-refractivity contribution in [3.05, 3.63) is 12.7 Å². The molecule has 0 rings (SSSR count). The topological polar surface area (TPSA) is 53.3 Å². The first-order valence-electron chi connectivity index (χ1n) is 5.60. The SMILES string of the molecule is C=CCN(CCCCC#N)CC(=O)OCC. The van der Waals surface area contributed by atoms with Crippen LogP contribution in [0.3, 0.4) is 0 Å². The maximum atomic E-state index is 11.3. The van der Waals surface area contributed by atoms with Gasteiger partial charge in [-0.25, -0.2) is 0 Å². The summed E-state index contributed by atoms with van der Waals surface area (Å²) in [6, 6.07) is 2.10. The molecule has 0 radical (unpaired) electrons. The normalized spacial score (nSPS) is 9.81. The number of nitrogens with zero attached hydrogens (tertiary/aromatic N) is 2. The van der Waals surface area contributed by atoms with Crippen LogP contribution >= 0.6 is 0 Å². The molecular weight excluding hydrogens is 204 g/mol. The molecule has 0 saturated heterocycles. The predicted molar refractivity (Wildman–Crippen MR) is 62.7 cm³/mol. The second kappa shape index (κ2) is 10.2. The van der Waals surface area contributed by atoms with E-state index < -0.39 is 0 Å². The average molecular weight is 224 g/mol. The lowest BCUT2D eigenvalue weighted by Crippen LogP contribution is -2.32. The van der Waals surface area contributed by atoms with Crippen LogP contribution in [0.15, 0.2) is 12.7 Å². The molecule has 0 unspecified atom stereocenters. The Bertz CT molecular complexity index is 246. The summed E-state index contributed by atoms with van der Waals surface area (Å²) in [5.74, 6) is -0.204. The monoisotopic (exact) mass is 224 g/mol. The van der Waals surface area contributed by atoms with Crippen LogP contribution in [0.4, 0.5) is 0 Å². The summed E-state index contributed by atoms with van der Waals surface area (Å²) in [7, 11) is 0. The maximum Gasteiger partial charge on any atom is 0.320 e. The van der Waals surface area contributed by atoms with Crippen LogP contribution in [-0.2, 0) is 9.53 Å². The molecule has 0 aromatic rings. The van der Waals surface area contributed by atoms with E-state index in [1.165, 1.54) is 0 Å². The van der Waals surface area contributed by atoms with E-state index in [0.717, 1.165) is 19.4 Å². The van der Waals surface area contributed by atoms with Crippen LogP contribution in [0.2, 0.25) is 0 Å². The van der Waals surface area contributed by atoms with Gasteiger partial charge in [0.05, 0.1) is 19.2 Å². The summed E-state index contributed by atoms with van der Waals surface area (Å²) < 4.78 is 4.88. The number of esters is 1. The summed E-state index contributed by atoms with van der Waals surface area (Å²) >= 11 is 0. The lowest BCUT2D eigenvalue weighted by Gasteiger charge is -2.18. The van der Waals surface area contributed by atoms with Crippen molar-refractivity contribution < 1.29 is 9.53 Å². The second-order valence-electron chi connectivity index (χ2n) is 3.44. The molecule has 0 aliphatic rings. The van der Waals surface area contributed by atoms with Gasteiger partial charge in [0, 0.05) is 13.0 Å². The number of rotatable bonds is 9. The fourth-order valence-electron chi connectivity index (χ4n) is 1.35. The minimum Gasteiger partial charge on any atom is -0.465 e. The Hall–Kier alpha value is -1.34. The molecule has 0 heterocycles. The lowest BCUT2D eigenvalue weighted by molar-refractivity contribution is -0.144. The van der Waals surface area contributed by atoms with Gasteiger partial charge in [-0.05, 0) is 26.3 Å². The van der Waals surface area contributed by atoms with Gasteiger partial charge < -0.3 is 4.74 Å². The van der Waals surface area contributed by atoms with Crippen LogP contribution < -0.4 is 0 Å². The van der Waals surface area contributed by atoms with Gasteiger partial charge in [-0.15, -0.1) is 6.58 Å². The van der Waals surface area contributed by atoms with Gasteiger partial charge >= 0.3 is 5.97 Å². The van der Waals surface area contributed by atoms with Gasteiger partial charge in [0.15, 0.2) is 0 Å². The lowest BCUT2D eigenvalue weighted by atomic mass is 10.2. The van der Waals surface area contributed by atoms with Crippen LogP contribution in [0.25, 0.3) is 0 Å². The highest BCUT2D eigenvalue weighted by molar-refractivity contribution is 5.71. The van der Waals surface area contributed by atoms with Gasteiger partial charge in [0.2, 0.25) is 0 Å². The van der Waals surface area contributed by atoms with Crippen molar-refractivity contribution in [2.24, 2.45) is 0 Å². The van der Waals surface area contributed by atoms with Gasteiger partial charge in [-0.1, -0.05) is 6.08 Å². The summed E-state index contributed by atoms with van der Waals surface area (Å²) in [5.41, 5.74) is 0. The Labute approximate surface area is 97.5 Å². The molecule has 16 heavy (non-hydrogen) atoms. The number of carbonyl (C=O) groups is 1. The first-order valence-corrected chi connectivity index (χ1v) is 5.60. The molecule has 0 aromatic heterocycles. The largest absolute Gasteiger partial charge is 0.465 e. The Morgan fingerprint density at radius 3 is 2.88 bits per heavy atom. The molecule has 0 amide bonds. The minimum atomic E-state index is -0.204. The third kappa shape index (κ3) is 8.01.